The third-order valence-electron chi connectivity index (χ3n) is 3.61. The summed E-state index contributed by atoms with van der Waals surface area (Å²) in [6.45, 7) is 4.84. The Balaban J connectivity index is 1.81. The fourth-order valence-electron chi connectivity index (χ4n) is 2.38. The van der Waals surface area contributed by atoms with Gasteiger partial charge < -0.3 is 14.4 Å². The lowest BCUT2D eigenvalue weighted by Crippen LogP contribution is -3.10. The van der Waals surface area contributed by atoms with Crippen molar-refractivity contribution in [1.29, 1.82) is 0 Å². The third-order valence-corrected chi connectivity index (χ3v) is 3.61. The van der Waals surface area contributed by atoms with E-state index >= 15 is 0 Å². The summed E-state index contributed by atoms with van der Waals surface area (Å²) in [5.41, 5.74) is 0.701. The number of anilines is 1. The van der Waals surface area contributed by atoms with Crippen LogP contribution in [-0.2, 0) is 4.74 Å². The molecule has 0 unspecified atom stereocenters. The van der Waals surface area contributed by atoms with Crippen molar-refractivity contribution in [2.45, 2.75) is 32.3 Å². The van der Waals surface area contributed by atoms with Crippen LogP contribution in [-0.4, -0.2) is 38.9 Å². The van der Waals surface area contributed by atoms with Gasteiger partial charge in [-0.1, -0.05) is 13.0 Å². The summed E-state index contributed by atoms with van der Waals surface area (Å²) in [6, 6.07) is 7.39. The first-order chi connectivity index (χ1) is 10.2. The van der Waals surface area contributed by atoms with Gasteiger partial charge in [-0.3, -0.25) is 5.32 Å². The monoisotopic (exact) mass is 293 g/mol. The Morgan fingerprint density at radius 2 is 2.14 bits per heavy atom. The van der Waals surface area contributed by atoms with Crippen LogP contribution < -0.4 is 15.0 Å². The lowest BCUT2D eigenvalue weighted by atomic mass is 10.1. The lowest BCUT2D eigenvalue weighted by Gasteiger charge is -2.26. The molecule has 116 valence electrons. The predicted molar refractivity (Wildman–Crippen MR) is 82.0 cm³/mol. The molecule has 0 bridgehead atoms. The number of nitrogens with one attached hydrogen (secondary N) is 2. The molecule has 1 heterocycles. The van der Waals surface area contributed by atoms with Crippen molar-refractivity contribution in [3.63, 3.8) is 0 Å². The van der Waals surface area contributed by atoms with Crippen LogP contribution in [0.15, 0.2) is 24.3 Å². The molecule has 1 saturated heterocycles. The summed E-state index contributed by atoms with van der Waals surface area (Å²) in [7, 11) is 2.16. The summed E-state index contributed by atoms with van der Waals surface area (Å²) in [5.74, 6) is 0.762. The first kappa shape index (κ1) is 15.6. The van der Waals surface area contributed by atoms with Gasteiger partial charge in [-0.15, -0.1) is 0 Å². The van der Waals surface area contributed by atoms with Gasteiger partial charge in [0.1, 0.15) is 11.9 Å². The van der Waals surface area contributed by atoms with E-state index < -0.39 is 0 Å². The van der Waals surface area contributed by atoms with Gasteiger partial charge in [0.05, 0.1) is 26.7 Å². The number of rotatable bonds is 5. The minimum Gasteiger partial charge on any atom is -0.494 e. The molecule has 2 rings (SSSR count). The van der Waals surface area contributed by atoms with Gasteiger partial charge in [0.25, 0.3) is 0 Å². The number of amides is 1. The van der Waals surface area contributed by atoms with E-state index in [0.717, 1.165) is 38.1 Å². The van der Waals surface area contributed by atoms with E-state index in [0.29, 0.717) is 12.3 Å². The highest BCUT2D eigenvalue weighted by atomic mass is 16.6. The van der Waals surface area contributed by atoms with Crippen LogP contribution in [0.2, 0.25) is 0 Å². The highest BCUT2D eigenvalue weighted by molar-refractivity contribution is 5.84. The molecule has 1 fully saturated rings. The molecule has 1 aliphatic heterocycles. The van der Waals surface area contributed by atoms with Crippen LogP contribution >= 0.6 is 0 Å². The molecule has 0 saturated carbocycles. The summed E-state index contributed by atoms with van der Waals surface area (Å²) in [5, 5.41) is 2.77. The maximum Gasteiger partial charge on any atom is 0.411 e. The fraction of sp³-hybridized carbons (Fsp3) is 0.562. The van der Waals surface area contributed by atoms with Crippen molar-refractivity contribution in [2.75, 3.05) is 32.1 Å². The van der Waals surface area contributed by atoms with Gasteiger partial charge in [-0.05, 0) is 18.6 Å². The topological polar surface area (TPSA) is 52.0 Å². The molecular weight excluding hydrogens is 268 g/mol. The zero-order chi connectivity index (χ0) is 15.1. The summed E-state index contributed by atoms with van der Waals surface area (Å²) >= 11 is 0. The molecule has 1 aliphatic rings. The Hall–Kier alpha value is -1.75. The number of hydrogen-bond acceptors (Lipinski definition) is 3. The Morgan fingerprint density at radius 3 is 2.86 bits per heavy atom. The zero-order valence-electron chi connectivity index (χ0n) is 12.9. The fourth-order valence-corrected chi connectivity index (χ4v) is 2.38. The molecular formula is C16H25N2O3+. The van der Waals surface area contributed by atoms with E-state index in [9.17, 15) is 4.79 Å². The van der Waals surface area contributed by atoms with Crippen LogP contribution in [0, 0.1) is 0 Å². The quantitative estimate of drug-likeness (QED) is 0.869. The Labute approximate surface area is 126 Å². The van der Waals surface area contributed by atoms with Crippen molar-refractivity contribution >= 4 is 11.8 Å². The SMILES string of the molecule is CCCOc1cccc(NC(=O)OC2CC[NH+](C)CC2)c1. The standard InChI is InChI=1S/C16H24N2O3/c1-3-11-20-15-6-4-5-13(12-15)17-16(19)21-14-7-9-18(2)10-8-14/h4-6,12,14H,3,7-11H2,1-2H3,(H,17,19)/p+1. The molecule has 0 atom stereocenters. The van der Waals surface area contributed by atoms with Gasteiger partial charge in [0.2, 0.25) is 0 Å². The minimum atomic E-state index is -0.382. The average molecular weight is 293 g/mol. The van der Waals surface area contributed by atoms with Crippen molar-refractivity contribution in [3.05, 3.63) is 24.3 Å². The minimum absolute atomic E-state index is 0.0354. The molecule has 1 aromatic carbocycles. The largest absolute Gasteiger partial charge is 0.494 e. The van der Waals surface area contributed by atoms with E-state index in [-0.39, 0.29) is 12.2 Å². The number of carbonyl (C=O) groups excluding carboxylic acids is 1. The molecule has 21 heavy (non-hydrogen) atoms. The maximum atomic E-state index is 11.9. The summed E-state index contributed by atoms with van der Waals surface area (Å²) < 4.78 is 11.0. The maximum absolute atomic E-state index is 11.9. The first-order valence-corrected chi connectivity index (χ1v) is 7.69. The second-order valence-corrected chi connectivity index (χ2v) is 5.56. The summed E-state index contributed by atoms with van der Waals surface area (Å²) in [6.07, 6.45) is 2.47. The number of likely N-dealkylation sites (tertiary alicyclic amines) is 1. The van der Waals surface area contributed by atoms with Gasteiger partial charge in [-0.25, -0.2) is 4.79 Å². The number of carbonyl (C=O) groups is 1. The van der Waals surface area contributed by atoms with Crippen molar-refractivity contribution in [3.8, 4) is 5.75 Å². The molecule has 5 heteroatoms. The van der Waals surface area contributed by atoms with Gasteiger partial charge in [0.15, 0.2) is 0 Å². The Bertz CT molecular complexity index is 457. The molecule has 0 spiro atoms. The third kappa shape index (κ3) is 5.27. The van der Waals surface area contributed by atoms with Crippen LogP contribution in [0.5, 0.6) is 5.75 Å². The van der Waals surface area contributed by atoms with Crippen molar-refractivity contribution in [1.82, 2.24) is 0 Å². The van der Waals surface area contributed by atoms with Crippen molar-refractivity contribution in [2.24, 2.45) is 0 Å². The van der Waals surface area contributed by atoms with Crippen LogP contribution in [0.1, 0.15) is 26.2 Å². The molecule has 1 aromatic rings. The molecule has 1 amide bonds. The molecule has 0 radical (unpaired) electrons. The highest BCUT2D eigenvalue weighted by Crippen LogP contribution is 2.18. The van der Waals surface area contributed by atoms with Gasteiger partial charge >= 0.3 is 6.09 Å². The first-order valence-electron chi connectivity index (χ1n) is 7.69. The highest BCUT2D eigenvalue weighted by Gasteiger charge is 2.22. The van der Waals surface area contributed by atoms with E-state index in [1.54, 1.807) is 0 Å². The summed E-state index contributed by atoms with van der Waals surface area (Å²) in [4.78, 5) is 13.4. The van der Waals surface area contributed by atoms with Crippen LogP contribution in [0.25, 0.3) is 0 Å². The normalized spacial score (nSPS) is 21.6. The number of hydrogen-bond donors (Lipinski definition) is 2. The van der Waals surface area contributed by atoms with E-state index in [2.05, 4.69) is 19.3 Å². The van der Waals surface area contributed by atoms with Gasteiger partial charge in [-0.2, -0.15) is 0 Å². The molecule has 2 N–H and O–H groups in total. The van der Waals surface area contributed by atoms with E-state index in [1.807, 2.05) is 24.3 Å². The molecule has 0 aromatic heterocycles. The lowest BCUT2D eigenvalue weighted by molar-refractivity contribution is -0.885. The second kappa shape index (κ2) is 7.88. The van der Waals surface area contributed by atoms with E-state index in [4.69, 9.17) is 9.47 Å². The number of benzene rings is 1. The Kier molecular flexibility index (Phi) is 5.87. The predicted octanol–water partition coefficient (Wildman–Crippen LogP) is 1.70. The smallest absolute Gasteiger partial charge is 0.411 e. The number of piperidine rings is 1. The number of quaternary nitrogens is 1. The van der Waals surface area contributed by atoms with Crippen LogP contribution in [0.4, 0.5) is 10.5 Å². The van der Waals surface area contributed by atoms with E-state index in [1.165, 1.54) is 4.90 Å². The second-order valence-electron chi connectivity index (χ2n) is 5.56. The zero-order valence-corrected chi connectivity index (χ0v) is 12.9. The molecule has 5 nitrogen and oxygen atoms in total. The number of ether oxygens (including phenoxy) is 2. The molecule has 0 aliphatic carbocycles. The van der Waals surface area contributed by atoms with Gasteiger partial charge in [0, 0.05) is 24.6 Å². The van der Waals surface area contributed by atoms with Crippen molar-refractivity contribution < 1.29 is 19.2 Å². The van der Waals surface area contributed by atoms with Crippen LogP contribution in [0.3, 0.4) is 0 Å². The Morgan fingerprint density at radius 1 is 1.38 bits per heavy atom. The average Bonchev–Trinajstić information content (AvgIpc) is 2.48.